The minimum absolute atomic E-state index is 0.0962. The minimum Gasteiger partial charge on any atom is -0.480 e. The summed E-state index contributed by atoms with van der Waals surface area (Å²) in [6.07, 6.45) is -1.14. The third-order valence-electron chi connectivity index (χ3n) is 2.56. The number of hydrogen-bond donors (Lipinski definition) is 3. The second kappa shape index (κ2) is 7.66. The third kappa shape index (κ3) is 5.15. The summed E-state index contributed by atoms with van der Waals surface area (Å²) in [4.78, 5) is 23.5. The second-order valence-corrected chi connectivity index (χ2v) is 6.26. The summed E-state index contributed by atoms with van der Waals surface area (Å²) in [6, 6.07) is 4.42. The van der Waals surface area contributed by atoms with Crippen molar-refractivity contribution in [2.24, 2.45) is 0 Å². The van der Waals surface area contributed by atoms with Gasteiger partial charge in [0.1, 0.15) is 0 Å². The Hall–Kier alpha value is -1.05. The van der Waals surface area contributed by atoms with Crippen molar-refractivity contribution in [1.82, 2.24) is 5.32 Å². The Labute approximate surface area is 129 Å². The predicted molar refractivity (Wildman–Crippen MR) is 80.9 cm³/mol. The fourth-order valence-corrected chi connectivity index (χ4v) is 2.82. The molecular weight excluding hydrogens is 346 g/mol. The van der Waals surface area contributed by atoms with Gasteiger partial charge in [0.2, 0.25) is 5.91 Å². The van der Waals surface area contributed by atoms with E-state index in [1.807, 2.05) is 25.1 Å². The number of thioether (sulfide) groups is 1. The molecule has 3 N–H and O–H groups in total. The maximum Gasteiger partial charge on any atom is 0.328 e. The van der Waals surface area contributed by atoms with Gasteiger partial charge in [-0.1, -0.05) is 15.9 Å². The number of halogens is 1. The van der Waals surface area contributed by atoms with Crippen molar-refractivity contribution in [2.75, 3.05) is 5.75 Å². The monoisotopic (exact) mass is 361 g/mol. The second-order valence-electron chi connectivity index (χ2n) is 4.32. The summed E-state index contributed by atoms with van der Waals surface area (Å²) in [5.74, 6) is -1.58. The summed E-state index contributed by atoms with van der Waals surface area (Å²) in [5.41, 5.74) is 1.03. The lowest BCUT2D eigenvalue weighted by atomic mass is 10.2. The quantitative estimate of drug-likeness (QED) is 0.672. The van der Waals surface area contributed by atoms with E-state index in [0.717, 1.165) is 14.9 Å². The smallest absolute Gasteiger partial charge is 0.328 e. The number of benzene rings is 1. The van der Waals surface area contributed by atoms with Crippen LogP contribution in [0.1, 0.15) is 12.5 Å². The van der Waals surface area contributed by atoms with Gasteiger partial charge in [0.25, 0.3) is 0 Å². The van der Waals surface area contributed by atoms with Gasteiger partial charge in [0.05, 0.1) is 11.9 Å². The van der Waals surface area contributed by atoms with Crippen LogP contribution >= 0.6 is 27.7 Å². The molecule has 0 saturated carbocycles. The minimum atomic E-state index is -1.28. The summed E-state index contributed by atoms with van der Waals surface area (Å²) in [7, 11) is 0. The molecule has 0 heterocycles. The number of carboxylic acids is 1. The molecule has 7 heteroatoms. The summed E-state index contributed by atoms with van der Waals surface area (Å²) < 4.78 is 0.962. The average molecular weight is 362 g/mol. The highest BCUT2D eigenvalue weighted by atomic mass is 79.9. The number of amides is 1. The maximum atomic E-state index is 11.7. The van der Waals surface area contributed by atoms with Gasteiger partial charge < -0.3 is 15.5 Å². The number of aryl methyl sites for hydroxylation is 1. The van der Waals surface area contributed by atoms with E-state index in [4.69, 9.17) is 5.11 Å². The van der Waals surface area contributed by atoms with Gasteiger partial charge in [0, 0.05) is 9.37 Å². The lowest BCUT2D eigenvalue weighted by Gasteiger charge is -2.17. The number of nitrogens with one attached hydrogen (secondary N) is 1. The van der Waals surface area contributed by atoms with Crippen LogP contribution < -0.4 is 5.32 Å². The van der Waals surface area contributed by atoms with Crippen LogP contribution in [0.4, 0.5) is 0 Å². The highest BCUT2D eigenvalue weighted by Gasteiger charge is 2.24. The normalized spacial score (nSPS) is 13.6. The predicted octanol–water partition coefficient (Wildman–Crippen LogP) is 1.80. The molecule has 2 atom stereocenters. The molecule has 20 heavy (non-hydrogen) atoms. The van der Waals surface area contributed by atoms with Gasteiger partial charge in [-0.2, -0.15) is 0 Å². The van der Waals surface area contributed by atoms with E-state index < -0.39 is 24.0 Å². The lowest BCUT2D eigenvalue weighted by Crippen LogP contribution is -2.48. The zero-order chi connectivity index (χ0) is 15.3. The van der Waals surface area contributed by atoms with Crippen molar-refractivity contribution >= 4 is 39.6 Å². The highest BCUT2D eigenvalue weighted by molar-refractivity contribution is 9.10. The van der Waals surface area contributed by atoms with Gasteiger partial charge in [-0.05, 0) is 37.6 Å². The van der Waals surface area contributed by atoms with Crippen LogP contribution in [-0.2, 0) is 9.59 Å². The largest absolute Gasteiger partial charge is 0.480 e. The van der Waals surface area contributed by atoms with E-state index in [9.17, 15) is 14.7 Å². The molecule has 1 amide bonds. The van der Waals surface area contributed by atoms with Crippen LogP contribution in [0.5, 0.6) is 0 Å². The zero-order valence-corrected chi connectivity index (χ0v) is 13.5. The van der Waals surface area contributed by atoms with E-state index in [2.05, 4.69) is 21.2 Å². The van der Waals surface area contributed by atoms with Crippen molar-refractivity contribution in [3.05, 3.63) is 28.2 Å². The molecule has 0 spiro atoms. The van der Waals surface area contributed by atoms with E-state index in [-0.39, 0.29) is 5.75 Å². The fraction of sp³-hybridized carbons (Fsp3) is 0.385. The van der Waals surface area contributed by atoms with Gasteiger partial charge in [-0.15, -0.1) is 11.8 Å². The fourth-order valence-electron chi connectivity index (χ4n) is 1.52. The first-order valence-electron chi connectivity index (χ1n) is 5.90. The number of aliphatic hydroxyl groups excluding tert-OH is 1. The van der Waals surface area contributed by atoms with Gasteiger partial charge >= 0.3 is 5.97 Å². The standard InChI is InChI=1S/C13H16BrNO4S/c1-7-5-9(14)3-4-10(7)20-6-11(17)15-12(8(2)16)13(18)19/h3-5,8,12,16H,6H2,1-2H3,(H,15,17)(H,18,19)/t8-,12+/m1/s1. The number of aliphatic hydroxyl groups is 1. The Balaban J connectivity index is 2.57. The molecule has 5 nitrogen and oxygen atoms in total. The molecular formula is C13H16BrNO4S. The third-order valence-corrected chi connectivity index (χ3v) is 4.23. The van der Waals surface area contributed by atoms with Crippen molar-refractivity contribution in [1.29, 1.82) is 0 Å². The molecule has 0 aromatic heterocycles. The number of aliphatic carboxylic acids is 1. The molecule has 110 valence electrons. The number of carboxylic acid groups (broad SMARTS) is 1. The average Bonchev–Trinajstić information content (AvgIpc) is 2.34. The van der Waals surface area contributed by atoms with Crippen molar-refractivity contribution in [3.63, 3.8) is 0 Å². The topological polar surface area (TPSA) is 86.6 Å². The Kier molecular flexibility index (Phi) is 6.51. The summed E-state index contributed by atoms with van der Waals surface area (Å²) in [6.45, 7) is 3.26. The molecule has 0 unspecified atom stereocenters. The Morgan fingerprint density at radius 1 is 1.45 bits per heavy atom. The van der Waals surface area contributed by atoms with E-state index in [1.54, 1.807) is 0 Å². The highest BCUT2D eigenvalue weighted by Crippen LogP contribution is 2.25. The molecule has 0 saturated heterocycles. The number of rotatable bonds is 6. The van der Waals surface area contributed by atoms with Crippen LogP contribution in [0.2, 0.25) is 0 Å². The zero-order valence-electron chi connectivity index (χ0n) is 11.1. The lowest BCUT2D eigenvalue weighted by molar-refractivity contribution is -0.144. The molecule has 1 aromatic rings. The molecule has 1 aromatic carbocycles. The van der Waals surface area contributed by atoms with Gasteiger partial charge in [0.15, 0.2) is 6.04 Å². The Morgan fingerprint density at radius 2 is 2.10 bits per heavy atom. The Bertz CT molecular complexity index is 507. The van der Waals surface area contributed by atoms with Crippen LogP contribution in [0.15, 0.2) is 27.6 Å². The Morgan fingerprint density at radius 3 is 2.60 bits per heavy atom. The van der Waals surface area contributed by atoms with Crippen LogP contribution in [0.25, 0.3) is 0 Å². The summed E-state index contributed by atoms with van der Waals surface area (Å²) >= 11 is 4.68. The first-order chi connectivity index (χ1) is 9.31. The summed E-state index contributed by atoms with van der Waals surface area (Å²) in [5, 5.41) is 20.4. The first kappa shape index (κ1) is 17.0. The van der Waals surface area contributed by atoms with Crippen LogP contribution in [0, 0.1) is 6.92 Å². The van der Waals surface area contributed by atoms with E-state index >= 15 is 0 Å². The van der Waals surface area contributed by atoms with Crippen molar-refractivity contribution in [2.45, 2.75) is 30.9 Å². The maximum absolute atomic E-state index is 11.7. The molecule has 0 aliphatic heterocycles. The molecule has 1 rings (SSSR count). The van der Waals surface area contributed by atoms with Crippen molar-refractivity contribution < 1.29 is 19.8 Å². The number of carbonyl (C=O) groups is 2. The van der Waals surface area contributed by atoms with E-state index in [0.29, 0.717) is 0 Å². The van der Waals surface area contributed by atoms with E-state index in [1.165, 1.54) is 18.7 Å². The molecule has 0 radical (unpaired) electrons. The molecule has 0 aliphatic carbocycles. The number of hydrogen-bond acceptors (Lipinski definition) is 4. The van der Waals surface area contributed by atoms with Crippen LogP contribution in [0.3, 0.4) is 0 Å². The SMILES string of the molecule is Cc1cc(Br)ccc1SCC(=O)N[C@H](C(=O)O)[C@@H](C)O. The van der Waals surface area contributed by atoms with Crippen molar-refractivity contribution in [3.8, 4) is 0 Å². The molecule has 0 bridgehead atoms. The van der Waals surface area contributed by atoms with Crippen LogP contribution in [-0.4, -0.2) is 40.0 Å². The van der Waals surface area contributed by atoms with Gasteiger partial charge in [-0.25, -0.2) is 4.79 Å². The molecule has 0 fully saturated rings. The number of carbonyl (C=O) groups excluding carboxylic acids is 1. The first-order valence-corrected chi connectivity index (χ1v) is 7.68. The van der Waals surface area contributed by atoms with Gasteiger partial charge in [-0.3, -0.25) is 4.79 Å². The molecule has 0 aliphatic rings.